The van der Waals surface area contributed by atoms with Crippen LogP contribution in [-0.2, 0) is 0 Å². The Labute approximate surface area is 187 Å². The van der Waals surface area contributed by atoms with Crippen LogP contribution in [0.5, 0.6) is 0 Å². The number of carbonyl (C=O) groups excluding carboxylic acids is 1. The number of amides is 2. The third-order valence-electron chi connectivity index (χ3n) is 4.59. The number of allylic oxidation sites excluding steroid dienone is 1. The molecule has 1 aromatic carbocycles. The molecule has 9 nitrogen and oxygen atoms in total. The first kappa shape index (κ1) is 23.7. The summed E-state index contributed by atoms with van der Waals surface area (Å²) in [5.41, 5.74) is 8.99. The lowest BCUT2D eigenvalue weighted by Crippen LogP contribution is -2.36. The molecule has 174 valence electrons. The number of carbonyl (C=O) groups is 1. The first-order valence-electron chi connectivity index (χ1n) is 9.93. The highest BCUT2D eigenvalue weighted by atomic mass is 19.4. The Hall–Kier alpha value is -3.93. The number of halogens is 3. The van der Waals surface area contributed by atoms with E-state index in [4.69, 9.17) is 11.1 Å². The summed E-state index contributed by atoms with van der Waals surface area (Å²) in [5, 5.41) is 19.3. The lowest BCUT2D eigenvalue weighted by atomic mass is 10.1. The van der Waals surface area contributed by atoms with Gasteiger partial charge in [-0.25, -0.2) is 14.3 Å². The molecule has 33 heavy (non-hydrogen) atoms. The van der Waals surface area contributed by atoms with Crippen molar-refractivity contribution < 1.29 is 18.0 Å². The number of imidazole rings is 1. The minimum atomic E-state index is -4.49. The van der Waals surface area contributed by atoms with E-state index in [2.05, 4.69) is 20.7 Å². The van der Waals surface area contributed by atoms with Crippen molar-refractivity contribution in [2.45, 2.75) is 19.1 Å². The molecule has 0 saturated heterocycles. The molecule has 0 fully saturated rings. The summed E-state index contributed by atoms with van der Waals surface area (Å²) in [6, 6.07) is 7.44. The average Bonchev–Trinajstić information content (AvgIpc) is 3.21. The van der Waals surface area contributed by atoms with Crippen LogP contribution in [0.2, 0.25) is 0 Å². The van der Waals surface area contributed by atoms with Crippen LogP contribution in [0.3, 0.4) is 0 Å². The van der Waals surface area contributed by atoms with Crippen LogP contribution < -0.4 is 21.7 Å². The van der Waals surface area contributed by atoms with Gasteiger partial charge in [0.05, 0.1) is 18.1 Å². The van der Waals surface area contributed by atoms with Crippen molar-refractivity contribution in [2.75, 3.05) is 18.4 Å². The zero-order valence-electron chi connectivity index (χ0n) is 17.6. The van der Waals surface area contributed by atoms with Gasteiger partial charge in [0.2, 0.25) is 0 Å². The SMILES string of the molecule is CC(CN)N/C=C(\C=N)c1cnn2c(-c3cccc(NC(=O)NCC(F)(F)F)c3)cnc2c1. The van der Waals surface area contributed by atoms with Gasteiger partial charge < -0.3 is 27.1 Å². The number of aromatic nitrogens is 3. The molecule has 3 aromatic rings. The normalized spacial score (nSPS) is 12.9. The van der Waals surface area contributed by atoms with E-state index in [0.717, 1.165) is 0 Å². The third kappa shape index (κ3) is 6.29. The smallest absolute Gasteiger partial charge is 0.387 e. The molecule has 1 atom stereocenters. The molecule has 6 N–H and O–H groups in total. The summed E-state index contributed by atoms with van der Waals surface area (Å²) < 4.78 is 38.4. The van der Waals surface area contributed by atoms with Gasteiger partial charge in [-0.15, -0.1) is 0 Å². The summed E-state index contributed by atoms with van der Waals surface area (Å²) in [4.78, 5) is 16.1. The second-order valence-corrected chi connectivity index (χ2v) is 7.21. The van der Waals surface area contributed by atoms with Crippen LogP contribution >= 0.6 is 0 Å². The molecule has 1 unspecified atom stereocenters. The fourth-order valence-electron chi connectivity index (χ4n) is 2.85. The van der Waals surface area contributed by atoms with Gasteiger partial charge in [-0.05, 0) is 25.1 Å². The minimum Gasteiger partial charge on any atom is -0.387 e. The topological polar surface area (TPSA) is 133 Å². The van der Waals surface area contributed by atoms with E-state index in [0.29, 0.717) is 40.3 Å². The van der Waals surface area contributed by atoms with Gasteiger partial charge in [0.15, 0.2) is 5.65 Å². The van der Waals surface area contributed by atoms with E-state index >= 15 is 0 Å². The van der Waals surface area contributed by atoms with Gasteiger partial charge in [-0.1, -0.05) is 12.1 Å². The molecule has 0 aliphatic carbocycles. The maximum atomic E-state index is 12.3. The quantitative estimate of drug-likeness (QED) is 0.330. The van der Waals surface area contributed by atoms with Gasteiger partial charge in [-0.3, -0.25) is 0 Å². The number of nitrogens with two attached hydrogens (primary N) is 1. The number of hydrogen-bond donors (Lipinski definition) is 5. The number of rotatable bonds is 8. The number of fused-ring (bicyclic) bond motifs is 1. The number of benzene rings is 1. The number of anilines is 1. The van der Waals surface area contributed by atoms with Crippen molar-refractivity contribution in [2.24, 2.45) is 5.73 Å². The molecular formula is C21H23F3N8O. The molecular weight excluding hydrogens is 437 g/mol. The Balaban J connectivity index is 1.82. The van der Waals surface area contributed by atoms with Crippen molar-refractivity contribution in [3.63, 3.8) is 0 Å². The average molecular weight is 460 g/mol. The number of alkyl halides is 3. The molecule has 2 amide bonds. The maximum absolute atomic E-state index is 12.3. The molecule has 0 bridgehead atoms. The highest BCUT2D eigenvalue weighted by Gasteiger charge is 2.27. The number of hydrogen-bond acceptors (Lipinski definition) is 6. The van der Waals surface area contributed by atoms with Gasteiger partial charge >= 0.3 is 12.2 Å². The van der Waals surface area contributed by atoms with E-state index in [1.165, 1.54) is 6.21 Å². The van der Waals surface area contributed by atoms with Crippen LogP contribution in [0.1, 0.15) is 12.5 Å². The Morgan fingerprint density at radius 3 is 2.79 bits per heavy atom. The first-order valence-corrected chi connectivity index (χ1v) is 9.93. The zero-order valence-corrected chi connectivity index (χ0v) is 17.6. The van der Waals surface area contributed by atoms with Crippen LogP contribution in [0, 0.1) is 5.41 Å². The number of urea groups is 1. The van der Waals surface area contributed by atoms with E-state index < -0.39 is 18.8 Å². The molecule has 3 rings (SSSR count). The predicted octanol–water partition coefficient (Wildman–Crippen LogP) is 3.01. The Kier molecular flexibility index (Phi) is 7.28. The van der Waals surface area contributed by atoms with Crippen molar-refractivity contribution in [1.29, 1.82) is 5.41 Å². The summed E-state index contributed by atoms with van der Waals surface area (Å²) in [7, 11) is 0. The molecule has 0 spiro atoms. The molecule has 12 heteroatoms. The lowest BCUT2D eigenvalue weighted by Gasteiger charge is -2.11. The summed E-state index contributed by atoms with van der Waals surface area (Å²) in [6.45, 7) is 0.939. The van der Waals surface area contributed by atoms with E-state index in [1.807, 2.05) is 6.92 Å². The maximum Gasteiger partial charge on any atom is 0.405 e. The Morgan fingerprint density at radius 1 is 1.30 bits per heavy atom. The van der Waals surface area contributed by atoms with Crippen LogP contribution in [0.4, 0.5) is 23.7 Å². The van der Waals surface area contributed by atoms with Crippen molar-refractivity contribution in [3.05, 3.63) is 54.5 Å². The standard InChI is InChI=1S/C21H23F3N8O/c1-13(7-25)27-9-16(8-26)15-6-19-28-11-18(32(19)30-10-15)14-3-2-4-17(5-14)31-20(33)29-12-21(22,23)24/h2-6,8-11,13,26-27H,7,12,25H2,1H3,(H2,29,31,33)/b16-9+,26-8?. The highest BCUT2D eigenvalue weighted by molar-refractivity contribution is 6.08. The fourth-order valence-corrected chi connectivity index (χ4v) is 2.85. The third-order valence-corrected chi connectivity index (χ3v) is 4.59. The van der Waals surface area contributed by atoms with Crippen molar-refractivity contribution in [3.8, 4) is 11.3 Å². The Morgan fingerprint density at radius 2 is 2.09 bits per heavy atom. The van der Waals surface area contributed by atoms with E-state index in [-0.39, 0.29) is 6.04 Å². The monoisotopic (exact) mass is 460 g/mol. The van der Waals surface area contributed by atoms with Crippen molar-refractivity contribution >= 4 is 29.2 Å². The molecule has 0 saturated carbocycles. The van der Waals surface area contributed by atoms with Gasteiger partial charge in [0, 0.05) is 47.4 Å². The molecule has 0 aliphatic rings. The summed E-state index contributed by atoms with van der Waals surface area (Å²) in [6.07, 6.45) is 1.59. The Bertz CT molecular complexity index is 1170. The molecule has 2 aromatic heterocycles. The molecule has 2 heterocycles. The summed E-state index contributed by atoms with van der Waals surface area (Å²) >= 11 is 0. The van der Waals surface area contributed by atoms with E-state index in [1.54, 1.807) is 58.8 Å². The largest absolute Gasteiger partial charge is 0.405 e. The minimum absolute atomic E-state index is 0.0473. The molecule has 0 aliphatic heterocycles. The van der Waals surface area contributed by atoms with Gasteiger partial charge in [0.1, 0.15) is 6.54 Å². The second-order valence-electron chi connectivity index (χ2n) is 7.21. The first-order chi connectivity index (χ1) is 15.7. The fraction of sp³-hybridized carbons (Fsp3) is 0.238. The molecule has 0 radical (unpaired) electrons. The number of nitrogens with zero attached hydrogens (tertiary/aromatic N) is 3. The van der Waals surface area contributed by atoms with Gasteiger partial charge in [0.25, 0.3) is 0 Å². The van der Waals surface area contributed by atoms with Crippen LogP contribution in [0.15, 0.2) is 48.9 Å². The van der Waals surface area contributed by atoms with Crippen LogP contribution in [0.25, 0.3) is 22.5 Å². The second kappa shape index (κ2) is 10.1. The predicted molar refractivity (Wildman–Crippen MR) is 120 cm³/mol. The number of nitrogens with one attached hydrogen (secondary N) is 4. The van der Waals surface area contributed by atoms with E-state index in [9.17, 15) is 18.0 Å². The van der Waals surface area contributed by atoms with Crippen molar-refractivity contribution in [1.82, 2.24) is 25.2 Å². The highest BCUT2D eigenvalue weighted by Crippen LogP contribution is 2.24. The summed E-state index contributed by atoms with van der Waals surface area (Å²) in [5.74, 6) is 0. The lowest BCUT2D eigenvalue weighted by molar-refractivity contribution is -0.122. The zero-order chi connectivity index (χ0) is 24.0. The van der Waals surface area contributed by atoms with Gasteiger partial charge in [-0.2, -0.15) is 18.3 Å². The van der Waals surface area contributed by atoms with Crippen LogP contribution in [-0.4, -0.2) is 52.2 Å².